The van der Waals surface area contributed by atoms with Crippen LogP contribution in [0.5, 0.6) is 0 Å². The van der Waals surface area contributed by atoms with Crippen LogP contribution in [-0.2, 0) is 0 Å². The molecule has 6 N–H and O–H groups in total. The molecule has 3 rings (SSSR count). The van der Waals surface area contributed by atoms with Crippen LogP contribution in [0.15, 0.2) is 42.9 Å². The number of benzene rings is 1. The summed E-state index contributed by atoms with van der Waals surface area (Å²) in [7, 11) is 0. The highest BCUT2D eigenvalue weighted by atomic mass is 16.0. The largest absolute Gasteiger partial charge is 0.412 e. The Morgan fingerprint density at radius 2 is 1.74 bits per heavy atom. The maximum absolute atomic E-state index is 5.73. The van der Waals surface area contributed by atoms with Gasteiger partial charge in [-0.15, -0.1) is 0 Å². The van der Waals surface area contributed by atoms with E-state index in [9.17, 15) is 0 Å². The molecule has 0 radical (unpaired) electrons. The zero-order valence-electron chi connectivity index (χ0n) is 9.91. The summed E-state index contributed by atoms with van der Waals surface area (Å²) in [5, 5.41) is 0. The maximum atomic E-state index is 5.73. The van der Waals surface area contributed by atoms with Crippen molar-refractivity contribution >= 4 is 16.9 Å². The van der Waals surface area contributed by atoms with Crippen molar-refractivity contribution in [3.05, 3.63) is 42.9 Å². The first-order valence-corrected chi connectivity index (χ1v) is 5.12. The zero-order valence-corrected chi connectivity index (χ0v) is 9.91. The van der Waals surface area contributed by atoms with Crippen molar-refractivity contribution in [1.82, 2.24) is 19.9 Å². The summed E-state index contributed by atoms with van der Waals surface area (Å²) >= 11 is 0. The summed E-state index contributed by atoms with van der Waals surface area (Å²) in [6.45, 7) is 0. The molecule has 0 saturated carbocycles. The van der Waals surface area contributed by atoms with Gasteiger partial charge in [0.05, 0.1) is 6.20 Å². The summed E-state index contributed by atoms with van der Waals surface area (Å²) < 4.78 is 0. The number of hydrogen-bond acceptors (Lipinski definition) is 5. The molecule has 2 aromatic heterocycles. The van der Waals surface area contributed by atoms with Gasteiger partial charge in [-0.2, -0.15) is 0 Å². The van der Waals surface area contributed by atoms with Gasteiger partial charge in [-0.25, -0.2) is 19.9 Å². The van der Waals surface area contributed by atoms with E-state index in [1.165, 1.54) is 0 Å². The number of nitrogen functional groups attached to an aromatic ring is 1. The molecule has 0 aliphatic heterocycles. The van der Waals surface area contributed by atoms with Crippen LogP contribution in [0.25, 0.3) is 22.6 Å². The van der Waals surface area contributed by atoms with Crippen molar-refractivity contribution in [2.75, 3.05) is 5.73 Å². The topological polar surface area (TPSA) is 141 Å². The van der Waals surface area contributed by atoms with E-state index in [0.717, 1.165) is 5.56 Å². The summed E-state index contributed by atoms with van der Waals surface area (Å²) in [4.78, 5) is 16.9. The normalized spacial score (nSPS) is 9.47. The molecule has 19 heavy (non-hydrogen) atoms. The van der Waals surface area contributed by atoms with Gasteiger partial charge in [-0.3, -0.25) is 0 Å². The molecule has 0 fully saturated rings. The highest BCUT2D eigenvalue weighted by Crippen LogP contribution is 2.18. The van der Waals surface area contributed by atoms with Gasteiger partial charge in [0.2, 0.25) is 0 Å². The minimum Gasteiger partial charge on any atom is -0.412 e. The Bertz CT molecular complexity index is 690. The van der Waals surface area contributed by atoms with Crippen molar-refractivity contribution in [2.45, 2.75) is 0 Å². The fraction of sp³-hybridized carbons (Fsp3) is 0. The first kappa shape index (κ1) is 14.4. The lowest BCUT2D eigenvalue weighted by Crippen LogP contribution is -1.94. The van der Waals surface area contributed by atoms with Crippen LogP contribution in [0, 0.1) is 0 Å². The van der Waals surface area contributed by atoms with E-state index >= 15 is 0 Å². The van der Waals surface area contributed by atoms with Crippen LogP contribution in [0.4, 0.5) is 5.69 Å². The van der Waals surface area contributed by atoms with Crippen LogP contribution < -0.4 is 5.73 Å². The molecule has 0 aliphatic carbocycles. The minimum absolute atomic E-state index is 0. The molecule has 0 aliphatic rings. The van der Waals surface area contributed by atoms with Crippen LogP contribution in [-0.4, -0.2) is 30.9 Å². The van der Waals surface area contributed by atoms with Gasteiger partial charge < -0.3 is 16.7 Å². The third-order valence-electron chi connectivity index (χ3n) is 2.37. The van der Waals surface area contributed by atoms with E-state index in [1.54, 1.807) is 18.6 Å². The molecule has 2 heterocycles. The lowest BCUT2D eigenvalue weighted by Gasteiger charge is -2.01. The Balaban J connectivity index is 0.000000902. The summed E-state index contributed by atoms with van der Waals surface area (Å²) in [6.07, 6.45) is 4.89. The third kappa shape index (κ3) is 2.79. The van der Waals surface area contributed by atoms with Crippen LogP contribution in [0.3, 0.4) is 0 Å². The average molecular weight is 259 g/mol. The minimum atomic E-state index is 0. The quantitative estimate of drug-likeness (QED) is 0.613. The second-order valence-corrected chi connectivity index (χ2v) is 3.58. The summed E-state index contributed by atoms with van der Waals surface area (Å²) in [5.41, 5.74) is 8.55. The van der Waals surface area contributed by atoms with E-state index < -0.39 is 0 Å². The average Bonchev–Trinajstić information content (AvgIpc) is 2.38. The van der Waals surface area contributed by atoms with Crippen molar-refractivity contribution in [2.24, 2.45) is 0 Å². The Morgan fingerprint density at radius 3 is 2.53 bits per heavy atom. The lowest BCUT2D eigenvalue weighted by atomic mass is 10.2. The van der Waals surface area contributed by atoms with E-state index in [2.05, 4.69) is 19.9 Å². The SMILES string of the molecule is Nc1cccc(-c2ncc3nccnc3n2)c1.O.O. The van der Waals surface area contributed by atoms with E-state index in [1.807, 2.05) is 24.3 Å². The smallest absolute Gasteiger partial charge is 0.181 e. The number of nitrogens with zero attached hydrogens (tertiary/aromatic N) is 4. The molecule has 3 aromatic rings. The zero-order chi connectivity index (χ0) is 11.7. The van der Waals surface area contributed by atoms with Gasteiger partial charge in [-0.1, -0.05) is 12.1 Å². The molecule has 1 aromatic carbocycles. The Hall–Kier alpha value is -2.64. The predicted octanol–water partition coefficient (Wildman–Crippen LogP) is 0.0196. The van der Waals surface area contributed by atoms with Crippen LogP contribution >= 0.6 is 0 Å². The van der Waals surface area contributed by atoms with Crippen molar-refractivity contribution < 1.29 is 11.0 Å². The van der Waals surface area contributed by atoms with Crippen LogP contribution in [0.1, 0.15) is 0 Å². The molecule has 0 saturated heterocycles. The van der Waals surface area contributed by atoms with Crippen molar-refractivity contribution in [1.29, 1.82) is 0 Å². The molecule has 7 heteroatoms. The highest BCUT2D eigenvalue weighted by Gasteiger charge is 2.04. The van der Waals surface area contributed by atoms with Gasteiger partial charge in [0, 0.05) is 23.6 Å². The van der Waals surface area contributed by atoms with Crippen LogP contribution in [0.2, 0.25) is 0 Å². The van der Waals surface area contributed by atoms with Gasteiger partial charge in [0.1, 0.15) is 5.52 Å². The van der Waals surface area contributed by atoms with E-state index in [-0.39, 0.29) is 11.0 Å². The molecular formula is C12H13N5O2. The fourth-order valence-corrected chi connectivity index (χ4v) is 1.59. The highest BCUT2D eigenvalue weighted by molar-refractivity contribution is 5.71. The van der Waals surface area contributed by atoms with E-state index in [4.69, 9.17) is 5.73 Å². The molecule has 0 spiro atoms. The fourth-order valence-electron chi connectivity index (χ4n) is 1.59. The Labute approximate surface area is 108 Å². The summed E-state index contributed by atoms with van der Waals surface area (Å²) in [6, 6.07) is 7.44. The first-order valence-electron chi connectivity index (χ1n) is 5.12. The van der Waals surface area contributed by atoms with Crippen molar-refractivity contribution in [3.63, 3.8) is 0 Å². The van der Waals surface area contributed by atoms with Crippen molar-refractivity contribution in [3.8, 4) is 11.4 Å². The molecular weight excluding hydrogens is 246 g/mol. The number of hydrogen-bond donors (Lipinski definition) is 1. The Kier molecular flexibility index (Phi) is 4.41. The molecule has 0 atom stereocenters. The standard InChI is InChI=1S/C12H9N5.2H2O/c13-9-3-1-2-8(6-9)11-16-7-10-12(17-11)15-5-4-14-10;;/h1-7H,13H2;2*1H2. The van der Waals surface area contributed by atoms with Gasteiger partial charge in [0.15, 0.2) is 11.5 Å². The molecule has 0 amide bonds. The predicted molar refractivity (Wildman–Crippen MR) is 72.2 cm³/mol. The maximum Gasteiger partial charge on any atom is 0.181 e. The molecule has 98 valence electrons. The lowest BCUT2D eigenvalue weighted by molar-refractivity contribution is 0.823. The molecule has 0 unspecified atom stereocenters. The number of aromatic nitrogens is 4. The van der Waals surface area contributed by atoms with E-state index in [0.29, 0.717) is 22.7 Å². The first-order chi connectivity index (χ1) is 8.33. The molecule has 0 bridgehead atoms. The number of fused-ring (bicyclic) bond motifs is 1. The second kappa shape index (κ2) is 5.80. The Morgan fingerprint density at radius 1 is 0.947 bits per heavy atom. The number of nitrogens with two attached hydrogens (primary N) is 1. The van der Waals surface area contributed by atoms with Gasteiger partial charge in [-0.05, 0) is 12.1 Å². The second-order valence-electron chi connectivity index (χ2n) is 3.58. The third-order valence-corrected chi connectivity index (χ3v) is 2.37. The monoisotopic (exact) mass is 259 g/mol. The number of anilines is 1. The number of rotatable bonds is 1. The van der Waals surface area contributed by atoms with Gasteiger partial charge in [0.25, 0.3) is 0 Å². The molecule has 7 nitrogen and oxygen atoms in total. The summed E-state index contributed by atoms with van der Waals surface area (Å²) in [5.74, 6) is 0.602. The van der Waals surface area contributed by atoms with Gasteiger partial charge >= 0.3 is 0 Å².